The molecule has 3 aromatic carbocycles. The molecule has 8 heteroatoms. The van der Waals surface area contributed by atoms with Crippen LogP contribution in [-0.4, -0.2) is 31.1 Å². The minimum absolute atomic E-state index is 0.102. The molecule has 0 aromatic heterocycles. The molecule has 8 nitrogen and oxygen atoms in total. The van der Waals surface area contributed by atoms with Gasteiger partial charge in [0, 0.05) is 11.1 Å². The molecule has 1 heterocycles. The zero-order chi connectivity index (χ0) is 23.9. The molecule has 1 aliphatic rings. The summed E-state index contributed by atoms with van der Waals surface area (Å²) in [4.78, 5) is 37.5. The molecule has 3 aromatic rings. The fourth-order valence-corrected chi connectivity index (χ4v) is 3.24. The number of amides is 1. The predicted molar refractivity (Wildman–Crippen MR) is 122 cm³/mol. The van der Waals surface area contributed by atoms with Gasteiger partial charge in [-0.05, 0) is 35.9 Å². The average Bonchev–Trinajstić information content (AvgIpc) is 3.34. The molecular formula is C26H18N2O6. The SMILES string of the molecule is N#CC(=Cc1ccc2c(c1)OCO2)C(=O)OCC(=O)Nc1ccccc1C(=O)c1ccccc1. The number of carbonyl (C=O) groups is 3. The Morgan fingerprint density at radius 3 is 2.50 bits per heavy atom. The number of fused-ring (bicyclic) bond motifs is 1. The topological polar surface area (TPSA) is 115 Å². The maximum atomic E-state index is 12.8. The minimum Gasteiger partial charge on any atom is -0.454 e. The molecule has 0 fully saturated rings. The van der Waals surface area contributed by atoms with Crippen molar-refractivity contribution in [1.29, 1.82) is 5.26 Å². The zero-order valence-electron chi connectivity index (χ0n) is 17.8. The van der Waals surface area contributed by atoms with E-state index in [4.69, 9.17) is 14.2 Å². The second-order valence-corrected chi connectivity index (χ2v) is 7.15. The Labute approximate surface area is 195 Å². The number of para-hydroxylation sites is 1. The molecule has 0 saturated heterocycles. The van der Waals surface area contributed by atoms with Crippen molar-refractivity contribution >= 4 is 29.4 Å². The number of nitriles is 1. The largest absolute Gasteiger partial charge is 0.454 e. The highest BCUT2D eigenvalue weighted by atomic mass is 16.7. The van der Waals surface area contributed by atoms with Gasteiger partial charge in [0.15, 0.2) is 23.9 Å². The van der Waals surface area contributed by atoms with Crippen molar-refractivity contribution in [3.8, 4) is 17.6 Å². The molecule has 0 spiro atoms. The van der Waals surface area contributed by atoms with E-state index < -0.39 is 18.5 Å². The summed E-state index contributed by atoms with van der Waals surface area (Å²) >= 11 is 0. The third kappa shape index (κ3) is 5.11. The normalized spacial score (nSPS) is 11.9. The van der Waals surface area contributed by atoms with Crippen LogP contribution in [-0.2, 0) is 14.3 Å². The lowest BCUT2D eigenvalue weighted by Crippen LogP contribution is -2.22. The van der Waals surface area contributed by atoms with Crippen LogP contribution in [0.4, 0.5) is 5.69 Å². The van der Waals surface area contributed by atoms with Gasteiger partial charge in [0.25, 0.3) is 5.91 Å². The molecular weight excluding hydrogens is 436 g/mol. The summed E-state index contributed by atoms with van der Waals surface area (Å²) in [6.45, 7) is -0.530. The Balaban J connectivity index is 1.40. The van der Waals surface area contributed by atoms with Gasteiger partial charge in [0.1, 0.15) is 11.6 Å². The molecule has 1 amide bonds. The van der Waals surface area contributed by atoms with Gasteiger partial charge in [-0.1, -0.05) is 48.5 Å². The molecule has 0 radical (unpaired) electrons. The molecule has 0 aliphatic carbocycles. The maximum Gasteiger partial charge on any atom is 0.349 e. The highest BCUT2D eigenvalue weighted by molar-refractivity contribution is 6.14. The number of ketones is 1. The highest BCUT2D eigenvalue weighted by Gasteiger charge is 2.18. The van der Waals surface area contributed by atoms with E-state index in [1.54, 1.807) is 78.9 Å². The Bertz CT molecular complexity index is 1320. The van der Waals surface area contributed by atoms with Crippen LogP contribution in [0.3, 0.4) is 0 Å². The lowest BCUT2D eigenvalue weighted by molar-refractivity contribution is -0.142. The standard InChI is InChI=1S/C26H18N2O6/c27-14-19(12-17-10-11-22-23(13-17)34-16-33-22)26(31)32-15-24(29)28-21-9-5-4-8-20(21)25(30)18-6-2-1-3-7-18/h1-13H,15-16H2,(H,28,29). The van der Waals surface area contributed by atoms with Gasteiger partial charge in [-0.3, -0.25) is 9.59 Å². The summed E-state index contributed by atoms with van der Waals surface area (Å²) in [6, 6.07) is 21.9. The van der Waals surface area contributed by atoms with Crippen molar-refractivity contribution in [2.24, 2.45) is 0 Å². The van der Waals surface area contributed by atoms with E-state index in [0.717, 1.165) is 0 Å². The number of hydrogen-bond donors (Lipinski definition) is 1. The monoisotopic (exact) mass is 454 g/mol. The molecule has 0 atom stereocenters. The number of benzene rings is 3. The minimum atomic E-state index is -0.955. The number of anilines is 1. The fraction of sp³-hybridized carbons (Fsp3) is 0.0769. The van der Waals surface area contributed by atoms with Gasteiger partial charge in [0.05, 0.1) is 5.69 Å². The van der Waals surface area contributed by atoms with Crippen molar-refractivity contribution < 1.29 is 28.6 Å². The number of rotatable bonds is 7. The Morgan fingerprint density at radius 2 is 1.71 bits per heavy atom. The molecule has 0 bridgehead atoms. The summed E-state index contributed by atoms with van der Waals surface area (Å²) in [5.41, 5.74) is 1.31. The predicted octanol–water partition coefficient (Wildman–Crippen LogP) is 3.74. The van der Waals surface area contributed by atoms with E-state index in [0.29, 0.717) is 28.2 Å². The van der Waals surface area contributed by atoms with Crippen molar-refractivity contribution in [2.45, 2.75) is 0 Å². The van der Waals surface area contributed by atoms with Crippen molar-refractivity contribution in [3.05, 3.63) is 95.1 Å². The number of hydrogen-bond acceptors (Lipinski definition) is 7. The lowest BCUT2D eigenvalue weighted by atomic mass is 10.0. The molecule has 1 N–H and O–H groups in total. The first-order valence-electron chi connectivity index (χ1n) is 10.2. The third-order valence-electron chi connectivity index (χ3n) is 4.86. The maximum absolute atomic E-state index is 12.8. The van der Waals surface area contributed by atoms with Crippen LogP contribution in [0.5, 0.6) is 11.5 Å². The van der Waals surface area contributed by atoms with Crippen LogP contribution < -0.4 is 14.8 Å². The molecule has 168 valence electrons. The van der Waals surface area contributed by atoms with Gasteiger partial charge in [0.2, 0.25) is 6.79 Å². The molecule has 0 saturated carbocycles. The van der Waals surface area contributed by atoms with Crippen molar-refractivity contribution in [2.75, 3.05) is 18.7 Å². The van der Waals surface area contributed by atoms with Gasteiger partial charge in [-0.15, -0.1) is 0 Å². The Morgan fingerprint density at radius 1 is 0.971 bits per heavy atom. The molecule has 0 unspecified atom stereocenters. The van der Waals surface area contributed by atoms with Crippen LogP contribution in [0.2, 0.25) is 0 Å². The first-order chi connectivity index (χ1) is 16.5. The van der Waals surface area contributed by atoms with E-state index >= 15 is 0 Å². The highest BCUT2D eigenvalue weighted by Crippen LogP contribution is 2.33. The van der Waals surface area contributed by atoms with Gasteiger partial charge in [-0.25, -0.2) is 4.79 Å². The molecule has 34 heavy (non-hydrogen) atoms. The Hall–Kier alpha value is -4.90. The van der Waals surface area contributed by atoms with Crippen LogP contribution >= 0.6 is 0 Å². The van der Waals surface area contributed by atoms with Gasteiger partial charge < -0.3 is 19.5 Å². The number of nitrogens with zero attached hydrogens (tertiary/aromatic N) is 1. The number of esters is 1. The van der Waals surface area contributed by atoms with Gasteiger partial charge >= 0.3 is 5.97 Å². The summed E-state index contributed by atoms with van der Waals surface area (Å²) < 4.78 is 15.5. The second-order valence-electron chi connectivity index (χ2n) is 7.15. The summed E-state index contributed by atoms with van der Waals surface area (Å²) in [7, 11) is 0. The third-order valence-corrected chi connectivity index (χ3v) is 4.86. The molecule has 4 rings (SSSR count). The van der Waals surface area contributed by atoms with E-state index in [1.165, 1.54) is 6.08 Å². The molecule has 1 aliphatic heterocycles. The van der Waals surface area contributed by atoms with Crippen molar-refractivity contribution in [1.82, 2.24) is 0 Å². The van der Waals surface area contributed by atoms with Crippen LogP contribution in [0.25, 0.3) is 6.08 Å². The smallest absolute Gasteiger partial charge is 0.349 e. The number of nitrogens with one attached hydrogen (secondary N) is 1. The lowest BCUT2D eigenvalue weighted by Gasteiger charge is -2.11. The summed E-state index contributed by atoms with van der Waals surface area (Å²) in [5.74, 6) is -0.790. The zero-order valence-corrected chi connectivity index (χ0v) is 17.8. The summed E-state index contributed by atoms with van der Waals surface area (Å²) in [6.07, 6.45) is 1.33. The second kappa shape index (κ2) is 10.1. The number of ether oxygens (including phenoxy) is 3. The van der Waals surface area contributed by atoms with Crippen LogP contribution in [0, 0.1) is 11.3 Å². The van der Waals surface area contributed by atoms with Crippen molar-refractivity contribution in [3.63, 3.8) is 0 Å². The van der Waals surface area contributed by atoms with E-state index in [9.17, 15) is 19.6 Å². The fourth-order valence-electron chi connectivity index (χ4n) is 3.24. The van der Waals surface area contributed by atoms with E-state index in [2.05, 4.69) is 5.32 Å². The van der Waals surface area contributed by atoms with Gasteiger partial charge in [-0.2, -0.15) is 5.26 Å². The van der Waals surface area contributed by atoms with Crippen LogP contribution in [0.15, 0.2) is 78.4 Å². The number of carbonyl (C=O) groups excluding carboxylic acids is 3. The average molecular weight is 454 g/mol. The first-order valence-corrected chi connectivity index (χ1v) is 10.2. The van der Waals surface area contributed by atoms with E-state index in [-0.39, 0.29) is 23.8 Å². The summed E-state index contributed by atoms with van der Waals surface area (Å²) in [5, 5.41) is 11.9. The van der Waals surface area contributed by atoms with E-state index in [1.807, 2.05) is 0 Å². The quantitative estimate of drug-likeness (QED) is 0.250. The van der Waals surface area contributed by atoms with Crippen LogP contribution in [0.1, 0.15) is 21.5 Å². The first kappa shape index (κ1) is 22.3. The Kier molecular flexibility index (Phi) is 6.65.